The second-order valence-electron chi connectivity index (χ2n) is 4.75. The summed E-state index contributed by atoms with van der Waals surface area (Å²) in [4.78, 5) is 24.0. The van der Waals surface area contributed by atoms with Crippen LogP contribution in [-0.4, -0.2) is 24.8 Å². The van der Waals surface area contributed by atoms with Crippen molar-refractivity contribution in [3.8, 4) is 5.75 Å². The Labute approximate surface area is 114 Å². The van der Waals surface area contributed by atoms with Crippen molar-refractivity contribution in [1.29, 1.82) is 0 Å². The Bertz CT molecular complexity index is 494. The molecule has 0 aliphatic heterocycles. The normalized spacial score (nSPS) is 11.8. The number of amides is 1. The molecule has 4 nitrogen and oxygen atoms in total. The average Bonchev–Trinajstić information content (AvgIpc) is 2.40. The predicted octanol–water partition coefficient (Wildman–Crippen LogP) is 2.41. The second-order valence-corrected chi connectivity index (χ2v) is 4.75. The third-order valence-corrected chi connectivity index (χ3v) is 3.26. The maximum Gasteiger partial charge on any atom is 0.292 e. The van der Waals surface area contributed by atoms with Gasteiger partial charge in [0.25, 0.3) is 11.7 Å². The fourth-order valence-electron chi connectivity index (χ4n) is 1.65. The Morgan fingerprint density at radius 1 is 1.26 bits per heavy atom. The van der Waals surface area contributed by atoms with Gasteiger partial charge in [0.05, 0.1) is 12.7 Å². The van der Waals surface area contributed by atoms with Crippen molar-refractivity contribution in [2.45, 2.75) is 40.2 Å². The number of carbonyl (C=O) groups excluding carboxylic acids is 2. The van der Waals surface area contributed by atoms with E-state index in [1.165, 1.54) is 7.11 Å². The Kier molecular flexibility index (Phi) is 5.10. The highest BCUT2D eigenvalue weighted by molar-refractivity contribution is 6.43. The van der Waals surface area contributed by atoms with Gasteiger partial charge < -0.3 is 10.1 Å². The van der Waals surface area contributed by atoms with Crippen molar-refractivity contribution in [2.75, 3.05) is 7.11 Å². The summed E-state index contributed by atoms with van der Waals surface area (Å²) >= 11 is 0. The highest BCUT2D eigenvalue weighted by Gasteiger charge is 2.22. The molecule has 19 heavy (non-hydrogen) atoms. The van der Waals surface area contributed by atoms with Crippen LogP contribution in [0, 0.1) is 13.8 Å². The van der Waals surface area contributed by atoms with Crippen LogP contribution in [0.25, 0.3) is 0 Å². The number of ketones is 1. The Morgan fingerprint density at radius 2 is 1.84 bits per heavy atom. The van der Waals surface area contributed by atoms with E-state index in [1.54, 1.807) is 12.1 Å². The quantitative estimate of drug-likeness (QED) is 0.655. The number of nitrogens with one attached hydrogen (secondary N) is 1. The summed E-state index contributed by atoms with van der Waals surface area (Å²) < 4.78 is 5.18. The molecule has 4 heteroatoms. The molecule has 1 rings (SSSR count). The van der Waals surface area contributed by atoms with Gasteiger partial charge in [-0.05, 0) is 50.5 Å². The van der Waals surface area contributed by atoms with Crippen molar-refractivity contribution in [3.63, 3.8) is 0 Å². The largest absolute Gasteiger partial charge is 0.496 e. The fourth-order valence-corrected chi connectivity index (χ4v) is 1.65. The molecule has 0 aliphatic rings. The van der Waals surface area contributed by atoms with Crippen molar-refractivity contribution in [3.05, 3.63) is 28.8 Å². The maximum absolute atomic E-state index is 12.1. The van der Waals surface area contributed by atoms with E-state index in [2.05, 4.69) is 5.32 Å². The molecule has 0 radical (unpaired) electrons. The molecule has 1 aromatic carbocycles. The van der Waals surface area contributed by atoms with Gasteiger partial charge in [0.1, 0.15) is 5.75 Å². The number of carbonyl (C=O) groups is 2. The van der Waals surface area contributed by atoms with Crippen LogP contribution < -0.4 is 10.1 Å². The summed E-state index contributed by atoms with van der Waals surface area (Å²) in [6.07, 6.45) is 0.781. The Balaban J connectivity index is 3.05. The summed E-state index contributed by atoms with van der Waals surface area (Å²) in [5.74, 6) is -0.705. The maximum atomic E-state index is 12.1. The number of rotatable bonds is 5. The first-order chi connectivity index (χ1) is 8.90. The molecule has 1 atom stereocenters. The summed E-state index contributed by atoms with van der Waals surface area (Å²) in [5.41, 5.74) is 2.29. The number of benzene rings is 1. The number of ether oxygens (including phenoxy) is 1. The van der Waals surface area contributed by atoms with Gasteiger partial charge in [0, 0.05) is 6.04 Å². The van der Waals surface area contributed by atoms with Crippen LogP contribution in [0.2, 0.25) is 0 Å². The van der Waals surface area contributed by atoms with E-state index in [9.17, 15) is 9.59 Å². The molecule has 1 amide bonds. The van der Waals surface area contributed by atoms with Crippen LogP contribution in [0.3, 0.4) is 0 Å². The van der Waals surface area contributed by atoms with Crippen LogP contribution >= 0.6 is 0 Å². The molecule has 0 heterocycles. The smallest absolute Gasteiger partial charge is 0.292 e. The number of hydrogen-bond donors (Lipinski definition) is 1. The number of Topliss-reactive ketones (excluding diaryl/α,β-unsaturated/α-hetero) is 1. The van der Waals surface area contributed by atoms with E-state index in [-0.39, 0.29) is 6.04 Å². The number of aryl methyl sites for hydroxylation is 2. The first-order valence-corrected chi connectivity index (χ1v) is 6.41. The minimum absolute atomic E-state index is 0.0195. The molecule has 0 aromatic heterocycles. The third kappa shape index (κ3) is 3.56. The summed E-state index contributed by atoms with van der Waals surface area (Å²) in [7, 11) is 1.49. The molecule has 1 unspecified atom stereocenters. The van der Waals surface area contributed by atoms with Crippen LogP contribution in [-0.2, 0) is 4.79 Å². The molecule has 0 bridgehead atoms. The van der Waals surface area contributed by atoms with E-state index in [0.29, 0.717) is 11.3 Å². The van der Waals surface area contributed by atoms with E-state index in [0.717, 1.165) is 17.5 Å². The molecule has 0 fully saturated rings. The van der Waals surface area contributed by atoms with Gasteiger partial charge in [0.2, 0.25) is 0 Å². The predicted molar refractivity (Wildman–Crippen MR) is 74.7 cm³/mol. The van der Waals surface area contributed by atoms with Gasteiger partial charge >= 0.3 is 0 Å². The lowest BCUT2D eigenvalue weighted by Crippen LogP contribution is -2.37. The van der Waals surface area contributed by atoms with Crippen LogP contribution in [0.4, 0.5) is 0 Å². The lowest BCUT2D eigenvalue weighted by atomic mass is 10.0. The molecule has 1 N–H and O–H groups in total. The van der Waals surface area contributed by atoms with E-state index in [4.69, 9.17) is 4.74 Å². The van der Waals surface area contributed by atoms with Gasteiger partial charge in [-0.1, -0.05) is 6.92 Å². The summed E-state index contributed by atoms with van der Waals surface area (Å²) in [6.45, 7) is 7.65. The van der Waals surface area contributed by atoms with Crippen molar-refractivity contribution in [2.24, 2.45) is 0 Å². The van der Waals surface area contributed by atoms with E-state index >= 15 is 0 Å². The third-order valence-electron chi connectivity index (χ3n) is 3.26. The molecule has 0 saturated heterocycles. The molecular formula is C15H21NO3. The van der Waals surface area contributed by atoms with Crippen LogP contribution in [0.15, 0.2) is 12.1 Å². The van der Waals surface area contributed by atoms with Gasteiger partial charge in [-0.15, -0.1) is 0 Å². The molecule has 1 aromatic rings. The lowest BCUT2D eigenvalue weighted by molar-refractivity contribution is -0.117. The number of hydrogen-bond acceptors (Lipinski definition) is 3. The second kappa shape index (κ2) is 6.36. The standard InChI is InChI=1S/C15H21NO3/c1-6-11(4)16-15(18)14(17)12-7-9(2)10(3)8-13(12)19-5/h7-8,11H,6H2,1-5H3,(H,16,18). The Hall–Kier alpha value is -1.84. The molecule has 104 valence electrons. The van der Waals surface area contributed by atoms with Gasteiger partial charge in [-0.25, -0.2) is 0 Å². The minimum atomic E-state index is -0.587. The van der Waals surface area contributed by atoms with Gasteiger partial charge in [-0.2, -0.15) is 0 Å². The molecule has 0 spiro atoms. The van der Waals surface area contributed by atoms with Crippen LogP contribution in [0.1, 0.15) is 41.8 Å². The number of methoxy groups -OCH3 is 1. The van der Waals surface area contributed by atoms with Crippen molar-refractivity contribution < 1.29 is 14.3 Å². The summed E-state index contributed by atoms with van der Waals surface area (Å²) in [6, 6.07) is 3.46. The molecule has 0 saturated carbocycles. The average molecular weight is 263 g/mol. The van der Waals surface area contributed by atoms with E-state index < -0.39 is 11.7 Å². The van der Waals surface area contributed by atoms with Gasteiger partial charge in [-0.3, -0.25) is 9.59 Å². The van der Waals surface area contributed by atoms with Crippen molar-refractivity contribution in [1.82, 2.24) is 5.32 Å². The van der Waals surface area contributed by atoms with Gasteiger partial charge in [0.15, 0.2) is 0 Å². The topological polar surface area (TPSA) is 55.4 Å². The highest BCUT2D eigenvalue weighted by atomic mass is 16.5. The lowest BCUT2D eigenvalue weighted by Gasteiger charge is -2.13. The summed E-state index contributed by atoms with van der Waals surface area (Å²) in [5, 5.41) is 2.67. The highest BCUT2D eigenvalue weighted by Crippen LogP contribution is 2.23. The molecule has 0 aliphatic carbocycles. The zero-order valence-electron chi connectivity index (χ0n) is 12.2. The fraction of sp³-hybridized carbons (Fsp3) is 0.467. The first-order valence-electron chi connectivity index (χ1n) is 6.41. The zero-order chi connectivity index (χ0) is 14.6. The monoisotopic (exact) mass is 263 g/mol. The van der Waals surface area contributed by atoms with Crippen LogP contribution in [0.5, 0.6) is 5.75 Å². The van der Waals surface area contributed by atoms with E-state index in [1.807, 2.05) is 27.7 Å². The van der Waals surface area contributed by atoms with Crippen molar-refractivity contribution >= 4 is 11.7 Å². The Morgan fingerprint density at radius 3 is 2.37 bits per heavy atom. The first kappa shape index (κ1) is 15.2. The SMILES string of the molecule is CCC(C)NC(=O)C(=O)c1cc(C)c(C)cc1OC. The minimum Gasteiger partial charge on any atom is -0.496 e. The zero-order valence-corrected chi connectivity index (χ0v) is 12.2. The molecular weight excluding hydrogens is 242 g/mol.